The lowest BCUT2D eigenvalue weighted by Crippen LogP contribution is -2.35. The van der Waals surface area contributed by atoms with Gasteiger partial charge in [-0.3, -0.25) is 9.59 Å². The van der Waals surface area contributed by atoms with E-state index in [0.717, 1.165) is 64.2 Å². The minimum atomic E-state index is -0.792. The number of hydrogen-bond acceptors (Lipinski definition) is 5. The number of aliphatic hydroxyl groups is 1. The van der Waals surface area contributed by atoms with Gasteiger partial charge in [-0.05, 0) is 57.1 Å². The zero-order chi connectivity index (χ0) is 34.9. The molecule has 1 saturated carbocycles. The van der Waals surface area contributed by atoms with Gasteiger partial charge >= 0.3 is 0 Å². The van der Waals surface area contributed by atoms with Crippen molar-refractivity contribution in [3.63, 3.8) is 0 Å². The molecule has 48 heavy (non-hydrogen) atoms. The Bertz CT molecular complexity index is 883. The summed E-state index contributed by atoms with van der Waals surface area (Å²) in [6, 6.07) is -0.729. The van der Waals surface area contributed by atoms with Crippen molar-refractivity contribution in [1.29, 1.82) is 0 Å². The van der Waals surface area contributed by atoms with Gasteiger partial charge in [-0.15, -0.1) is 0 Å². The molecule has 278 valence electrons. The van der Waals surface area contributed by atoms with Crippen LogP contribution in [0.4, 0.5) is 8.78 Å². The van der Waals surface area contributed by atoms with Gasteiger partial charge < -0.3 is 15.7 Å². The third kappa shape index (κ3) is 26.8. The molecule has 1 aliphatic rings. The van der Waals surface area contributed by atoms with E-state index in [-0.39, 0.29) is 12.1 Å². The Kier molecular flexibility index (Phi) is 29.3. The van der Waals surface area contributed by atoms with E-state index in [9.17, 15) is 23.3 Å². The lowest BCUT2D eigenvalue weighted by molar-refractivity contribution is -0.120. The second-order valence-electron chi connectivity index (χ2n) is 13.8. The van der Waals surface area contributed by atoms with Crippen LogP contribution in [0.5, 0.6) is 0 Å². The monoisotopic (exact) mass is 682 g/mol. The van der Waals surface area contributed by atoms with E-state index in [1.165, 1.54) is 115 Å². The normalized spacial score (nSPS) is 16.2. The molecule has 0 aromatic rings. The Morgan fingerprint density at radius 1 is 0.521 bits per heavy atom. The highest BCUT2D eigenvalue weighted by atomic mass is 19.1. The summed E-state index contributed by atoms with van der Waals surface area (Å²) < 4.78 is 28.5. The summed E-state index contributed by atoms with van der Waals surface area (Å²) >= 11 is 0. The highest BCUT2D eigenvalue weighted by molar-refractivity contribution is 5.93. The average Bonchev–Trinajstić information content (AvgIpc) is 3.82. The third-order valence-electron chi connectivity index (χ3n) is 9.32. The number of carbonyl (C=O) groups excluding carboxylic acids is 2. The summed E-state index contributed by atoms with van der Waals surface area (Å²) in [7, 11) is 0. The van der Waals surface area contributed by atoms with Crippen molar-refractivity contribution in [3.05, 3.63) is 28.7 Å². The molecule has 2 amide bonds. The van der Waals surface area contributed by atoms with E-state index in [1.807, 2.05) is 0 Å². The molecule has 1 rings (SSSR count). The SMILES string of the molecule is O=NCCCCCCCCCCCCCCCC=C(F)C(=O)NC1CC1NC(=O)C(F)=CCCCCCCCCCCCCCCCO. The van der Waals surface area contributed by atoms with Crippen LogP contribution < -0.4 is 10.6 Å². The van der Waals surface area contributed by atoms with Crippen molar-refractivity contribution >= 4 is 11.8 Å². The fourth-order valence-electron chi connectivity index (χ4n) is 6.10. The Morgan fingerprint density at radius 2 is 0.812 bits per heavy atom. The molecular formula is C39H69F2N3O4. The van der Waals surface area contributed by atoms with Gasteiger partial charge in [-0.1, -0.05) is 146 Å². The number of nitrogens with zero attached hydrogens (tertiary/aromatic N) is 1. The Morgan fingerprint density at radius 3 is 1.12 bits per heavy atom. The average molecular weight is 682 g/mol. The number of nitroso groups, excluding NO2 is 1. The van der Waals surface area contributed by atoms with Gasteiger partial charge in [0.15, 0.2) is 11.7 Å². The number of hydrogen-bond donors (Lipinski definition) is 3. The van der Waals surface area contributed by atoms with E-state index in [4.69, 9.17) is 5.11 Å². The van der Waals surface area contributed by atoms with Gasteiger partial charge in [0, 0.05) is 6.61 Å². The number of halogens is 2. The molecule has 0 aromatic heterocycles. The molecule has 0 saturated heterocycles. The van der Waals surface area contributed by atoms with E-state index in [2.05, 4.69) is 15.8 Å². The van der Waals surface area contributed by atoms with E-state index < -0.39 is 23.5 Å². The van der Waals surface area contributed by atoms with Crippen LogP contribution in [-0.4, -0.2) is 42.2 Å². The summed E-state index contributed by atoms with van der Waals surface area (Å²) in [5, 5.41) is 16.9. The van der Waals surface area contributed by atoms with Crippen LogP contribution in [0.2, 0.25) is 0 Å². The van der Waals surface area contributed by atoms with Crippen LogP contribution in [0.1, 0.15) is 186 Å². The minimum absolute atomic E-state index is 0.307. The van der Waals surface area contributed by atoms with Gasteiger partial charge in [0.2, 0.25) is 0 Å². The minimum Gasteiger partial charge on any atom is -0.396 e. The fraction of sp³-hybridized carbons (Fsp3) is 0.846. The molecule has 0 aromatic carbocycles. The first-order chi connectivity index (χ1) is 23.5. The summed E-state index contributed by atoms with van der Waals surface area (Å²) in [4.78, 5) is 34.3. The van der Waals surface area contributed by atoms with Crippen LogP contribution in [0.15, 0.2) is 29.0 Å². The molecule has 1 fully saturated rings. The lowest BCUT2D eigenvalue weighted by atomic mass is 10.0. The molecular weight excluding hydrogens is 612 g/mol. The van der Waals surface area contributed by atoms with Gasteiger partial charge in [0.05, 0.1) is 18.6 Å². The number of nitrogens with one attached hydrogen (secondary N) is 2. The zero-order valence-corrected chi connectivity index (χ0v) is 30.1. The van der Waals surface area contributed by atoms with Crippen LogP contribution in [0, 0.1) is 4.91 Å². The predicted molar refractivity (Wildman–Crippen MR) is 194 cm³/mol. The summed E-state index contributed by atoms with van der Waals surface area (Å²) in [5.74, 6) is -3.11. The lowest BCUT2D eigenvalue weighted by Gasteiger charge is -2.05. The molecule has 9 heteroatoms. The maximum atomic E-state index is 14.2. The summed E-state index contributed by atoms with van der Waals surface area (Å²) in [5.41, 5.74) is 0. The topological polar surface area (TPSA) is 108 Å². The quantitative estimate of drug-likeness (QED) is 0.0351. The molecule has 0 spiro atoms. The molecule has 0 radical (unpaired) electrons. The molecule has 1 aliphatic carbocycles. The highest BCUT2D eigenvalue weighted by Crippen LogP contribution is 2.23. The van der Waals surface area contributed by atoms with E-state index in [1.54, 1.807) is 0 Å². The van der Waals surface area contributed by atoms with Crippen LogP contribution in [0.3, 0.4) is 0 Å². The molecule has 2 atom stereocenters. The Hall–Kier alpha value is -2.16. The zero-order valence-electron chi connectivity index (χ0n) is 30.1. The van der Waals surface area contributed by atoms with Crippen LogP contribution in [0.25, 0.3) is 0 Å². The van der Waals surface area contributed by atoms with Gasteiger partial charge in [0.25, 0.3) is 11.8 Å². The molecule has 0 aliphatic heterocycles. The van der Waals surface area contributed by atoms with Crippen molar-refractivity contribution in [1.82, 2.24) is 10.6 Å². The first-order valence-corrected chi connectivity index (χ1v) is 19.7. The number of allylic oxidation sites excluding steroid dienone is 2. The van der Waals surface area contributed by atoms with Crippen molar-refractivity contribution in [2.24, 2.45) is 5.18 Å². The number of aliphatic hydroxyl groups excluding tert-OH is 1. The second kappa shape index (κ2) is 32.1. The first-order valence-electron chi connectivity index (χ1n) is 19.7. The van der Waals surface area contributed by atoms with Crippen molar-refractivity contribution < 1.29 is 23.5 Å². The van der Waals surface area contributed by atoms with Crippen LogP contribution in [-0.2, 0) is 9.59 Å². The molecule has 0 bridgehead atoms. The van der Waals surface area contributed by atoms with Crippen LogP contribution >= 0.6 is 0 Å². The van der Waals surface area contributed by atoms with Gasteiger partial charge in [0.1, 0.15) is 0 Å². The summed E-state index contributed by atoms with van der Waals surface area (Å²) in [6.45, 7) is 0.755. The molecule has 2 unspecified atom stereocenters. The van der Waals surface area contributed by atoms with Gasteiger partial charge in [-0.2, -0.15) is 4.91 Å². The van der Waals surface area contributed by atoms with E-state index >= 15 is 0 Å². The molecule has 7 nitrogen and oxygen atoms in total. The molecule has 0 heterocycles. The number of rotatable bonds is 35. The smallest absolute Gasteiger partial charge is 0.279 e. The summed E-state index contributed by atoms with van der Waals surface area (Å²) in [6.07, 6.45) is 34.3. The Balaban J connectivity index is 1.96. The highest BCUT2D eigenvalue weighted by Gasteiger charge is 2.40. The van der Waals surface area contributed by atoms with Crippen molar-refractivity contribution in [2.45, 2.75) is 198 Å². The maximum absolute atomic E-state index is 14.2. The number of amides is 2. The second-order valence-corrected chi connectivity index (χ2v) is 13.8. The third-order valence-corrected chi connectivity index (χ3v) is 9.32. The van der Waals surface area contributed by atoms with Crippen molar-refractivity contribution in [3.8, 4) is 0 Å². The van der Waals surface area contributed by atoms with E-state index in [0.29, 0.717) is 32.4 Å². The Labute approximate surface area is 290 Å². The first kappa shape index (κ1) is 43.9. The van der Waals surface area contributed by atoms with Crippen molar-refractivity contribution in [2.75, 3.05) is 13.2 Å². The number of unbranched alkanes of at least 4 members (excludes halogenated alkanes) is 26. The number of carbonyl (C=O) groups is 2. The predicted octanol–water partition coefficient (Wildman–Crippen LogP) is 10.7. The largest absolute Gasteiger partial charge is 0.396 e. The molecule has 3 N–H and O–H groups in total. The van der Waals surface area contributed by atoms with Gasteiger partial charge in [-0.25, -0.2) is 8.78 Å². The standard InChI is InChI=1S/C39H69F2N3O4/c40-34(29-25-21-17-13-9-5-1-3-7-11-15-19-23-27-31-42-48)38(46)43-36-33-37(36)44-39(47)35(41)30-26-22-18-14-10-6-2-4-8-12-16-20-24-28-32-45/h29-30,36-37,45H,1-28,31-33H2,(H,43,46)(H,44,47). The maximum Gasteiger partial charge on any atom is 0.279 e. The fourth-order valence-corrected chi connectivity index (χ4v) is 6.10.